The molecule has 0 fully saturated rings. The van der Waals surface area contributed by atoms with Crippen molar-refractivity contribution < 1.29 is 4.74 Å². The average molecular weight is 318 g/mol. The van der Waals surface area contributed by atoms with Crippen molar-refractivity contribution in [2.75, 3.05) is 0 Å². The minimum atomic E-state index is 0.572. The first kappa shape index (κ1) is 14.2. The standard InChI is InChI=1S/C17H13Cl2NO/c1-2-11-9-15(19)13-10-12(7-8-16(13)20-11)21-17-6-4-3-5-14(17)18/h3-10H,2H2,1H3. The molecular weight excluding hydrogens is 305 g/mol. The van der Waals surface area contributed by atoms with Crippen LogP contribution in [0.5, 0.6) is 11.5 Å². The zero-order chi connectivity index (χ0) is 14.8. The van der Waals surface area contributed by atoms with Crippen LogP contribution in [0.3, 0.4) is 0 Å². The van der Waals surface area contributed by atoms with Crippen molar-refractivity contribution in [1.29, 1.82) is 0 Å². The smallest absolute Gasteiger partial charge is 0.146 e. The van der Waals surface area contributed by atoms with Gasteiger partial charge in [0.1, 0.15) is 11.5 Å². The Morgan fingerprint density at radius 2 is 1.81 bits per heavy atom. The van der Waals surface area contributed by atoms with E-state index in [1.165, 1.54) is 0 Å². The molecule has 0 N–H and O–H groups in total. The number of hydrogen-bond acceptors (Lipinski definition) is 2. The van der Waals surface area contributed by atoms with Crippen molar-refractivity contribution in [3.63, 3.8) is 0 Å². The second-order valence-corrected chi connectivity index (χ2v) is 5.47. The molecule has 106 valence electrons. The van der Waals surface area contributed by atoms with Gasteiger partial charge in [-0.1, -0.05) is 42.3 Å². The van der Waals surface area contributed by atoms with Gasteiger partial charge in [-0.05, 0) is 42.8 Å². The van der Waals surface area contributed by atoms with Crippen molar-refractivity contribution >= 4 is 34.1 Å². The molecule has 4 heteroatoms. The molecule has 1 aromatic heterocycles. The van der Waals surface area contributed by atoms with Crippen LogP contribution in [0.25, 0.3) is 10.9 Å². The average Bonchev–Trinajstić information content (AvgIpc) is 2.50. The fourth-order valence-electron chi connectivity index (χ4n) is 2.11. The Morgan fingerprint density at radius 1 is 1.00 bits per heavy atom. The lowest BCUT2D eigenvalue weighted by Gasteiger charge is -2.09. The lowest BCUT2D eigenvalue weighted by atomic mass is 10.1. The molecule has 0 saturated carbocycles. The molecule has 3 rings (SSSR count). The summed E-state index contributed by atoms with van der Waals surface area (Å²) in [5.74, 6) is 1.30. The van der Waals surface area contributed by atoms with Crippen LogP contribution in [0.2, 0.25) is 10.0 Å². The molecule has 2 aromatic carbocycles. The monoisotopic (exact) mass is 317 g/mol. The van der Waals surface area contributed by atoms with Crippen LogP contribution in [0.4, 0.5) is 0 Å². The third kappa shape index (κ3) is 2.97. The number of pyridine rings is 1. The summed E-state index contributed by atoms with van der Waals surface area (Å²) < 4.78 is 5.81. The van der Waals surface area contributed by atoms with Gasteiger partial charge >= 0.3 is 0 Å². The number of nitrogens with zero attached hydrogens (tertiary/aromatic N) is 1. The van der Waals surface area contributed by atoms with Gasteiger partial charge in [0.25, 0.3) is 0 Å². The van der Waals surface area contributed by atoms with Gasteiger partial charge in [0.15, 0.2) is 0 Å². The van der Waals surface area contributed by atoms with Gasteiger partial charge in [0.05, 0.1) is 15.6 Å². The van der Waals surface area contributed by atoms with Gasteiger partial charge in [-0.3, -0.25) is 4.98 Å². The summed E-state index contributed by atoms with van der Waals surface area (Å²) in [5, 5.41) is 2.13. The Labute approximate surface area is 133 Å². The predicted octanol–water partition coefficient (Wildman–Crippen LogP) is 5.90. The highest BCUT2D eigenvalue weighted by Crippen LogP contribution is 2.32. The minimum Gasteiger partial charge on any atom is -0.456 e. The molecule has 2 nitrogen and oxygen atoms in total. The first-order chi connectivity index (χ1) is 10.2. The molecule has 0 atom stereocenters. The normalized spacial score (nSPS) is 10.8. The van der Waals surface area contributed by atoms with Gasteiger partial charge < -0.3 is 4.74 Å². The maximum atomic E-state index is 6.33. The highest BCUT2D eigenvalue weighted by molar-refractivity contribution is 6.35. The first-order valence-corrected chi connectivity index (χ1v) is 7.44. The van der Waals surface area contributed by atoms with E-state index in [0.717, 1.165) is 23.0 Å². The molecule has 1 heterocycles. The summed E-state index contributed by atoms with van der Waals surface area (Å²) in [5.41, 5.74) is 1.85. The Balaban J connectivity index is 2.02. The summed E-state index contributed by atoms with van der Waals surface area (Å²) in [7, 11) is 0. The van der Waals surface area contributed by atoms with Crippen LogP contribution in [-0.2, 0) is 6.42 Å². The molecule has 0 aliphatic heterocycles. The summed E-state index contributed by atoms with van der Waals surface area (Å²) in [6, 6.07) is 14.9. The maximum Gasteiger partial charge on any atom is 0.146 e. The van der Waals surface area contributed by atoms with E-state index in [-0.39, 0.29) is 0 Å². The van der Waals surface area contributed by atoms with Crippen molar-refractivity contribution in [3.05, 3.63) is 64.3 Å². The van der Waals surface area contributed by atoms with E-state index in [9.17, 15) is 0 Å². The van der Waals surface area contributed by atoms with Crippen LogP contribution in [0.15, 0.2) is 48.5 Å². The lowest BCUT2D eigenvalue weighted by molar-refractivity contribution is 0.483. The number of hydrogen-bond donors (Lipinski definition) is 0. The molecule has 0 amide bonds. The summed E-state index contributed by atoms with van der Waals surface area (Å²) in [6.45, 7) is 2.05. The van der Waals surface area contributed by atoms with E-state index >= 15 is 0 Å². The van der Waals surface area contributed by atoms with Crippen molar-refractivity contribution in [3.8, 4) is 11.5 Å². The molecule has 0 radical (unpaired) electrons. The minimum absolute atomic E-state index is 0.572. The van der Waals surface area contributed by atoms with Crippen LogP contribution < -0.4 is 4.74 Å². The molecule has 0 bridgehead atoms. The van der Waals surface area contributed by atoms with Crippen LogP contribution in [0, 0.1) is 0 Å². The number of halogens is 2. The van der Waals surface area contributed by atoms with Gasteiger partial charge in [0, 0.05) is 11.1 Å². The Bertz CT molecular complexity index is 802. The third-order valence-electron chi connectivity index (χ3n) is 3.21. The first-order valence-electron chi connectivity index (χ1n) is 6.69. The van der Waals surface area contributed by atoms with Crippen molar-refractivity contribution in [2.45, 2.75) is 13.3 Å². The number of ether oxygens (including phenoxy) is 1. The molecule has 21 heavy (non-hydrogen) atoms. The zero-order valence-corrected chi connectivity index (χ0v) is 12.9. The highest BCUT2D eigenvalue weighted by atomic mass is 35.5. The molecule has 3 aromatic rings. The summed E-state index contributed by atoms with van der Waals surface area (Å²) in [6.07, 6.45) is 0.855. The summed E-state index contributed by atoms with van der Waals surface area (Å²) >= 11 is 12.4. The molecule has 0 unspecified atom stereocenters. The topological polar surface area (TPSA) is 22.1 Å². The second kappa shape index (κ2) is 5.92. The molecule has 0 saturated heterocycles. The van der Waals surface area contributed by atoms with Gasteiger partial charge in [-0.2, -0.15) is 0 Å². The van der Waals surface area contributed by atoms with Crippen LogP contribution >= 0.6 is 23.2 Å². The van der Waals surface area contributed by atoms with Crippen LogP contribution in [0.1, 0.15) is 12.6 Å². The number of aryl methyl sites for hydroxylation is 1. The summed E-state index contributed by atoms with van der Waals surface area (Å²) in [4.78, 5) is 4.55. The molecule has 0 spiro atoms. The van der Waals surface area contributed by atoms with Crippen molar-refractivity contribution in [1.82, 2.24) is 4.98 Å². The molecular formula is C17H13Cl2NO. The molecule has 0 aliphatic rings. The number of fused-ring (bicyclic) bond motifs is 1. The zero-order valence-electron chi connectivity index (χ0n) is 11.4. The van der Waals surface area contributed by atoms with Gasteiger partial charge in [-0.15, -0.1) is 0 Å². The fraction of sp³-hybridized carbons (Fsp3) is 0.118. The number of benzene rings is 2. The van der Waals surface area contributed by atoms with E-state index < -0.39 is 0 Å². The maximum absolute atomic E-state index is 6.33. The fourth-order valence-corrected chi connectivity index (χ4v) is 2.57. The van der Waals surface area contributed by atoms with E-state index in [0.29, 0.717) is 21.5 Å². The number of para-hydroxylation sites is 1. The van der Waals surface area contributed by atoms with E-state index in [1.807, 2.05) is 42.5 Å². The Kier molecular flexibility index (Phi) is 4.00. The molecule has 0 aliphatic carbocycles. The third-order valence-corrected chi connectivity index (χ3v) is 3.83. The van der Waals surface area contributed by atoms with Gasteiger partial charge in [-0.25, -0.2) is 0 Å². The van der Waals surface area contributed by atoms with E-state index in [4.69, 9.17) is 27.9 Å². The highest BCUT2D eigenvalue weighted by Gasteiger charge is 2.07. The number of aromatic nitrogens is 1. The van der Waals surface area contributed by atoms with E-state index in [1.54, 1.807) is 6.07 Å². The predicted molar refractivity (Wildman–Crippen MR) is 87.7 cm³/mol. The van der Waals surface area contributed by atoms with Crippen molar-refractivity contribution in [2.24, 2.45) is 0 Å². The van der Waals surface area contributed by atoms with Crippen LogP contribution in [-0.4, -0.2) is 4.98 Å². The van der Waals surface area contributed by atoms with E-state index in [2.05, 4.69) is 11.9 Å². The lowest BCUT2D eigenvalue weighted by Crippen LogP contribution is -1.90. The number of rotatable bonds is 3. The largest absolute Gasteiger partial charge is 0.456 e. The van der Waals surface area contributed by atoms with Gasteiger partial charge in [0.2, 0.25) is 0 Å². The quantitative estimate of drug-likeness (QED) is 0.600. The Morgan fingerprint density at radius 3 is 2.57 bits per heavy atom. The Hall–Kier alpha value is -1.77. The second-order valence-electron chi connectivity index (χ2n) is 4.66. The SMILES string of the molecule is CCc1cc(Cl)c2cc(Oc3ccccc3Cl)ccc2n1.